The number of imidazole rings is 1. The van der Waals surface area contributed by atoms with E-state index in [1.54, 1.807) is 17.0 Å². The number of fused-ring (bicyclic) bond motifs is 1. The zero-order valence-corrected chi connectivity index (χ0v) is 15.3. The second kappa shape index (κ2) is 6.72. The molecule has 2 aromatic heterocycles. The molecule has 0 radical (unpaired) electrons. The van der Waals surface area contributed by atoms with Gasteiger partial charge in [0, 0.05) is 12.5 Å². The Bertz CT molecular complexity index is 1090. The van der Waals surface area contributed by atoms with Gasteiger partial charge in [0.15, 0.2) is 5.82 Å². The smallest absolute Gasteiger partial charge is 0.204 e. The van der Waals surface area contributed by atoms with E-state index < -0.39 is 0 Å². The van der Waals surface area contributed by atoms with Crippen LogP contribution in [0.5, 0.6) is 0 Å². The molecule has 2 N–H and O–H groups in total. The van der Waals surface area contributed by atoms with Gasteiger partial charge in [0.05, 0.1) is 26.8 Å². The van der Waals surface area contributed by atoms with Gasteiger partial charge in [-0.2, -0.15) is 0 Å². The lowest BCUT2D eigenvalue weighted by Gasteiger charge is -2.08. The SMILES string of the molecule is CC(CO)c1ccc2nc(-c3nncn3-c3cccc(Cl)c3Cl)[nH]c2c1. The molecule has 8 heteroatoms. The number of hydrogen-bond acceptors (Lipinski definition) is 4. The van der Waals surface area contributed by atoms with Gasteiger partial charge in [0.25, 0.3) is 0 Å². The molecule has 0 saturated heterocycles. The minimum absolute atomic E-state index is 0.0556. The van der Waals surface area contributed by atoms with Crippen molar-refractivity contribution in [2.24, 2.45) is 0 Å². The van der Waals surface area contributed by atoms with E-state index in [-0.39, 0.29) is 12.5 Å². The fourth-order valence-electron chi connectivity index (χ4n) is 2.80. The van der Waals surface area contributed by atoms with Gasteiger partial charge in [-0.1, -0.05) is 42.3 Å². The van der Waals surface area contributed by atoms with E-state index in [1.165, 1.54) is 0 Å². The Hall–Kier alpha value is -2.41. The van der Waals surface area contributed by atoms with Crippen molar-refractivity contribution in [2.45, 2.75) is 12.8 Å². The number of benzene rings is 2. The quantitative estimate of drug-likeness (QED) is 0.549. The lowest BCUT2D eigenvalue weighted by molar-refractivity contribution is 0.273. The lowest BCUT2D eigenvalue weighted by Crippen LogP contribution is -1.98. The summed E-state index contributed by atoms with van der Waals surface area (Å²) in [7, 11) is 0. The van der Waals surface area contributed by atoms with Crippen molar-refractivity contribution in [1.29, 1.82) is 0 Å². The Morgan fingerprint density at radius 1 is 1.23 bits per heavy atom. The summed E-state index contributed by atoms with van der Waals surface area (Å²) in [5, 5.41) is 18.4. The fraction of sp³-hybridized carbons (Fsp3) is 0.167. The summed E-state index contributed by atoms with van der Waals surface area (Å²) in [6.07, 6.45) is 1.57. The molecular formula is C18H15Cl2N5O. The summed E-state index contributed by atoms with van der Waals surface area (Å²) in [5.41, 5.74) is 3.38. The van der Waals surface area contributed by atoms with E-state index in [9.17, 15) is 5.11 Å². The number of hydrogen-bond donors (Lipinski definition) is 2. The summed E-state index contributed by atoms with van der Waals surface area (Å²) in [6.45, 7) is 2.06. The number of halogens is 2. The van der Waals surface area contributed by atoms with Gasteiger partial charge in [-0.3, -0.25) is 4.57 Å². The van der Waals surface area contributed by atoms with E-state index >= 15 is 0 Å². The van der Waals surface area contributed by atoms with Crippen molar-refractivity contribution in [2.75, 3.05) is 6.61 Å². The molecule has 2 aromatic carbocycles. The number of aliphatic hydroxyl groups is 1. The summed E-state index contributed by atoms with van der Waals surface area (Å²) >= 11 is 12.5. The molecule has 132 valence electrons. The van der Waals surface area contributed by atoms with Crippen molar-refractivity contribution in [3.63, 3.8) is 0 Å². The highest BCUT2D eigenvalue weighted by atomic mass is 35.5. The van der Waals surface area contributed by atoms with Crippen molar-refractivity contribution in [3.05, 3.63) is 58.3 Å². The molecule has 0 aliphatic heterocycles. The largest absolute Gasteiger partial charge is 0.396 e. The van der Waals surface area contributed by atoms with Crippen molar-refractivity contribution in [3.8, 4) is 17.3 Å². The molecule has 0 fully saturated rings. The highest BCUT2D eigenvalue weighted by Crippen LogP contribution is 2.31. The van der Waals surface area contributed by atoms with Crippen LogP contribution in [-0.4, -0.2) is 36.4 Å². The minimum Gasteiger partial charge on any atom is -0.396 e. The molecule has 0 spiro atoms. The van der Waals surface area contributed by atoms with E-state index in [4.69, 9.17) is 23.2 Å². The monoisotopic (exact) mass is 387 g/mol. The van der Waals surface area contributed by atoms with E-state index in [1.807, 2.05) is 37.3 Å². The first kappa shape index (κ1) is 17.0. The molecular weight excluding hydrogens is 373 g/mol. The molecule has 0 aliphatic rings. The first-order chi connectivity index (χ1) is 12.6. The summed E-state index contributed by atoms with van der Waals surface area (Å²) in [6, 6.07) is 11.2. The molecule has 4 aromatic rings. The van der Waals surface area contributed by atoms with Crippen LogP contribution >= 0.6 is 23.2 Å². The van der Waals surface area contributed by atoms with Crippen LogP contribution in [0.4, 0.5) is 0 Å². The summed E-state index contributed by atoms with van der Waals surface area (Å²) in [4.78, 5) is 7.87. The molecule has 1 unspecified atom stereocenters. The molecule has 0 amide bonds. The van der Waals surface area contributed by atoms with Gasteiger partial charge in [0.2, 0.25) is 5.82 Å². The van der Waals surface area contributed by atoms with Gasteiger partial charge in [-0.15, -0.1) is 10.2 Å². The van der Waals surface area contributed by atoms with Crippen molar-refractivity contribution in [1.82, 2.24) is 24.7 Å². The summed E-state index contributed by atoms with van der Waals surface area (Å²) < 4.78 is 1.74. The Morgan fingerprint density at radius 2 is 2.08 bits per heavy atom. The molecule has 4 rings (SSSR count). The van der Waals surface area contributed by atoms with Gasteiger partial charge in [0.1, 0.15) is 6.33 Å². The summed E-state index contributed by atoms with van der Waals surface area (Å²) in [5.74, 6) is 1.16. The zero-order chi connectivity index (χ0) is 18.3. The highest BCUT2D eigenvalue weighted by molar-refractivity contribution is 6.43. The van der Waals surface area contributed by atoms with E-state index in [2.05, 4.69) is 20.2 Å². The number of aliphatic hydroxyl groups excluding tert-OH is 1. The first-order valence-electron chi connectivity index (χ1n) is 8.03. The average Bonchev–Trinajstić information content (AvgIpc) is 3.28. The number of H-pyrrole nitrogens is 1. The molecule has 6 nitrogen and oxygen atoms in total. The van der Waals surface area contributed by atoms with Gasteiger partial charge in [-0.25, -0.2) is 4.98 Å². The van der Waals surface area contributed by atoms with Crippen molar-refractivity contribution >= 4 is 34.2 Å². The van der Waals surface area contributed by atoms with Crippen LogP contribution in [0.3, 0.4) is 0 Å². The van der Waals surface area contributed by atoms with Crippen LogP contribution in [-0.2, 0) is 0 Å². The number of aromatic amines is 1. The maximum atomic E-state index is 9.36. The Kier molecular flexibility index (Phi) is 4.40. The Balaban J connectivity index is 1.82. The number of aromatic nitrogens is 5. The Morgan fingerprint density at radius 3 is 2.88 bits per heavy atom. The number of rotatable bonds is 4. The van der Waals surface area contributed by atoms with E-state index in [0.29, 0.717) is 27.4 Å². The van der Waals surface area contributed by atoms with Crippen LogP contribution in [0, 0.1) is 0 Å². The van der Waals surface area contributed by atoms with Crippen LogP contribution in [0.15, 0.2) is 42.7 Å². The first-order valence-corrected chi connectivity index (χ1v) is 8.79. The number of nitrogens with zero attached hydrogens (tertiary/aromatic N) is 4. The average molecular weight is 388 g/mol. The third-order valence-corrected chi connectivity index (χ3v) is 5.11. The van der Waals surface area contributed by atoms with Gasteiger partial charge in [-0.05, 0) is 29.8 Å². The van der Waals surface area contributed by atoms with Gasteiger partial charge < -0.3 is 10.1 Å². The minimum atomic E-state index is 0.0556. The predicted octanol–water partition coefficient (Wildman–Crippen LogP) is 4.21. The van der Waals surface area contributed by atoms with E-state index in [0.717, 1.165) is 16.6 Å². The topological polar surface area (TPSA) is 79.6 Å². The third kappa shape index (κ3) is 2.86. The second-order valence-electron chi connectivity index (χ2n) is 6.04. The van der Waals surface area contributed by atoms with Crippen LogP contribution in [0.2, 0.25) is 10.0 Å². The standard InChI is InChI=1S/C18H15Cl2N5O/c1-10(8-26)11-5-6-13-14(7-11)23-17(22-13)18-24-21-9-25(18)15-4-2-3-12(19)16(15)20/h2-7,9-10,26H,8H2,1H3,(H,22,23). The Labute approximate surface area is 159 Å². The molecule has 2 heterocycles. The fourth-order valence-corrected chi connectivity index (χ4v) is 3.18. The predicted molar refractivity (Wildman–Crippen MR) is 102 cm³/mol. The molecule has 0 saturated carbocycles. The molecule has 26 heavy (non-hydrogen) atoms. The van der Waals surface area contributed by atoms with Crippen molar-refractivity contribution < 1.29 is 5.11 Å². The third-order valence-electron chi connectivity index (χ3n) is 4.30. The maximum Gasteiger partial charge on any atom is 0.204 e. The molecule has 0 bridgehead atoms. The lowest BCUT2D eigenvalue weighted by atomic mass is 10.0. The highest BCUT2D eigenvalue weighted by Gasteiger charge is 2.17. The maximum absolute atomic E-state index is 9.36. The van der Waals surface area contributed by atoms with Crippen LogP contribution in [0.25, 0.3) is 28.4 Å². The number of nitrogens with one attached hydrogen (secondary N) is 1. The second-order valence-corrected chi connectivity index (χ2v) is 6.83. The van der Waals surface area contributed by atoms with Crippen LogP contribution in [0.1, 0.15) is 18.4 Å². The normalized spacial score (nSPS) is 12.6. The molecule has 1 atom stereocenters. The van der Waals surface area contributed by atoms with Gasteiger partial charge >= 0.3 is 0 Å². The molecule has 0 aliphatic carbocycles. The zero-order valence-electron chi connectivity index (χ0n) is 13.8. The van der Waals surface area contributed by atoms with Crippen LogP contribution < -0.4 is 0 Å².